The molecule has 0 atom stereocenters. The van der Waals surface area contributed by atoms with Crippen LogP contribution >= 0.6 is 0 Å². The summed E-state index contributed by atoms with van der Waals surface area (Å²) < 4.78 is 18.0. The highest BCUT2D eigenvalue weighted by Crippen LogP contribution is 2.37. The number of nitrogens with zero attached hydrogens (tertiary/aromatic N) is 1. The quantitative estimate of drug-likeness (QED) is 0.558. The first-order valence-corrected chi connectivity index (χ1v) is 9.68. The second kappa shape index (κ2) is 8.59. The fourth-order valence-electron chi connectivity index (χ4n) is 3.82. The van der Waals surface area contributed by atoms with Crippen molar-refractivity contribution in [3.63, 3.8) is 0 Å². The molecule has 1 aliphatic carbocycles. The molecule has 1 aromatic rings. The lowest BCUT2D eigenvalue weighted by Gasteiger charge is -2.34. The first kappa shape index (κ1) is 20.8. The number of rotatable bonds is 6. The maximum absolute atomic E-state index is 13.1. The number of carbonyl (C=O) groups excluding carboxylic acids is 4. The first-order chi connectivity index (χ1) is 13.8. The number of amides is 4. The first-order valence-electron chi connectivity index (χ1n) is 9.68. The number of anilines is 1. The van der Waals surface area contributed by atoms with Gasteiger partial charge in [-0.2, -0.15) is 0 Å². The maximum Gasteiger partial charge on any atom is 0.326 e. The topological polar surface area (TPSA) is 105 Å². The predicted molar refractivity (Wildman–Crippen MR) is 101 cm³/mol. The number of benzene rings is 1. The summed E-state index contributed by atoms with van der Waals surface area (Å²) in [5.74, 6) is -1.92. The number of urea groups is 1. The average Bonchev–Trinajstić information content (AvgIpc) is 2.91. The Labute approximate surface area is 167 Å². The van der Waals surface area contributed by atoms with Gasteiger partial charge in [0.1, 0.15) is 17.9 Å². The van der Waals surface area contributed by atoms with E-state index in [1.807, 2.05) is 0 Å². The van der Waals surface area contributed by atoms with E-state index < -0.39 is 48.3 Å². The van der Waals surface area contributed by atoms with Gasteiger partial charge in [-0.15, -0.1) is 0 Å². The highest BCUT2D eigenvalue weighted by Gasteiger charge is 2.52. The van der Waals surface area contributed by atoms with Crippen molar-refractivity contribution in [3.8, 4) is 0 Å². The Morgan fingerprint density at radius 3 is 2.69 bits per heavy atom. The van der Waals surface area contributed by atoms with E-state index in [4.69, 9.17) is 4.74 Å². The number of hydrogen-bond donors (Lipinski definition) is 2. The van der Waals surface area contributed by atoms with Crippen molar-refractivity contribution >= 4 is 29.5 Å². The predicted octanol–water partition coefficient (Wildman–Crippen LogP) is 2.20. The molecule has 4 amide bonds. The van der Waals surface area contributed by atoms with Crippen LogP contribution in [-0.2, 0) is 19.1 Å². The molecule has 0 unspecified atom stereocenters. The Morgan fingerprint density at radius 1 is 1.31 bits per heavy atom. The molecule has 1 aliphatic heterocycles. The minimum Gasteiger partial charge on any atom is -0.454 e. The summed E-state index contributed by atoms with van der Waals surface area (Å²) in [4.78, 5) is 49.7. The van der Waals surface area contributed by atoms with E-state index in [0.717, 1.165) is 30.2 Å². The number of nitrogens with one attached hydrogen (secondary N) is 2. The van der Waals surface area contributed by atoms with Crippen LogP contribution in [-0.4, -0.2) is 47.4 Å². The largest absolute Gasteiger partial charge is 0.454 e. The van der Waals surface area contributed by atoms with E-state index in [1.54, 1.807) is 0 Å². The molecule has 3 rings (SSSR count). The lowest BCUT2D eigenvalue weighted by molar-refractivity contribution is -0.150. The molecule has 1 saturated carbocycles. The Kier molecular flexibility index (Phi) is 6.14. The molecular formula is C20H24FN3O5. The molecule has 1 saturated heterocycles. The summed E-state index contributed by atoms with van der Waals surface area (Å²) in [6, 6.07) is 4.65. The van der Waals surface area contributed by atoms with E-state index in [0.29, 0.717) is 18.8 Å². The average molecular weight is 405 g/mol. The van der Waals surface area contributed by atoms with Crippen LogP contribution in [0.1, 0.15) is 39.0 Å². The zero-order valence-corrected chi connectivity index (χ0v) is 16.2. The highest BCUT2D eigenvalue weighted by molar-refractivity contribution is 6.08. The Hall–Kier alpha value is -2.97. The number of imide groups is 1. The SMILES string of the molecule is CCC1CCC2(CC1)NC(=O)N(CC(=O)OCC(=O)Nc1cccc(F)c1)C2=O. The lowest BCUT2D eigenvalue weighted by Crippen LogP contribution is -2.49. The molecule has 0 radical (unpaired) electrons. The second-order valence-electron chi connectivity index (χ2n) is 7.47. The minimum atomic E-state index is -0.933. The molecule has 9 heteroatoms. The van der Waals surface area contributed by atoms with Crippen LogP contribution in [0.4, 0.5) is 14.9 Å². The van der Waals surface area contributed by atoms with Crippen LogP contribution in [0.3, 0.4) is 0 Å². The van der Waals surface area contributed by atoms with Gasteiger partial charge in [-0.25, -0.2) is 9.18 Å². The molecular weight excluding hydrogens is 381 g/mol. The van der Waals surface area contributed by atoms with Gasteiger partial charge in [0.05, 0.1) is 0 Å². The third-order valence-corrected chi connectivity index (χ3v) is 5.54. The number of ether oxygens (including phenoxy) is 1. The van der Waals surface area contributed by atoms with Crippen molar-refractivity contribution in [2.24, 2.45) is 5.92 Å². The van der Waals surface area contributed by atoms with Crippen molar-refractivity contribution in [1.29, 1.82) is 0 Å². The molecule has 1 spiro atoms. The molecule has 156 valence electrons. The molecule has 2 fully saturated rings. The van der Waals surface area contributed by atoms with Crippen LogP contribution < -0.4 is 10.6 Å². The number of hydrogen-bond acceptors (Lipinski definition) is 5. The van der Waals surface area contributed by atoms with E-state index in [1.165, 1.54) is 18.2 Å². The van der Waals surface area contributed by atoms with Gasteiger partial charge in [-0.1, -0.05) is 19.4 Å². The fourth-order valence-corrected chi connectivity index (χ4v) is 3.82. The number of carbonyl (C=O) groups is 4. The monoisotopic (exact) mass is 405 g/mol. The third kappa shape index (κ3) is 4.72. The van der Waals surface area contributed by atoms with Gasteiger partial charge in [0.15, 0.2) is 6.61 Å². The van der Waals surface area contributed by atoms with Gasteiger partial charge in [-0.05, 0) is 49.8 Å². The van der Waals surface area contributed by atoms with Gasteiger partial charge in [0, 0.05) is 5.69 Å². The van der Waals surface area contributed by atoms with Gasteiger partial charge < -0.3 is 15.4 Å². The minimum absolute atomic E-state index is 0.227. The van der Waals surface area contributed by atoms with Gasteiger partial charge in [0.25, 0.3) is 11.8 Å². The van der Waals surface area contributed by atoms with Crippen LogP contribution in [0.2, 0.25) is 0 Å². The smallest absolute Gasteiger partial charge is 0.326 e. The van der Waals surface area contributed by atoms with E-state index >= 15 is 0 Å². The zero-order valence-electron chi connectivity index (χ0n) is 16.2. The van der Waals surface area contributed by atoms with Crippen molar-refractivity contribution in [2.45, 2.75) is 44.6 Å². The molecule has 0 bridgehead atoms. The summed E-state index contributed by atoms with van der Waals surface area (Å²) in [5.41, 5.74) is -0.706. The summed E-state index contributed by atoms with van der Waals surface area (Å²) in [6.45, 7) is 0.934. The summed E-state index contributed by atoms with van der Waals surface area (Å²) in [7, 11) is 0. The summed E-state index contributed by atoms with van der Waals surface area (Å²) in [5, 5.41) is 5.13. The van der Waals surface area contributed by atoms with Crippen molar-refractivity contribution in [1.82, 2.24) is 10.2 Å². The van der Waals surface area contributed by atoms with Crippen LogP contribution in [0.25, 0.3) is 0 Å². The summed E-state index contributed by atoms with van der Waals surface area (Å²) in [6.07, 6.45) is 3.84. The van der Waals surface area contributed by atoms with E-state index in [9.17, 15) is 23.6 Å². The normalized spacial score (nSPS) is 23.8. The Balaban J connectivity index is 1.49. The summed E-state index contributed by atoms with van der Waals surface area (Å²) >= 11 is 0. The molecule has 8 nitrogen and oxygen atoms in total. The second-order valence-corrected chi connectivity index (χ2v) is 7.47. The molecule has 1 aromatic carbocycles. The molecule has 29 heavy (non-hydrogen) atoms. The Morgan fingerprint density at radius 2 is 2.03 bits per heavy atom. The molecule has 0 aromatic heterocycles. The zero-order chi connectivity index (χ0) is 21.0. The molecule has 1 heterocycles. The van der Waals surface area contributed by atoms with Gasteiger partial charge in [0.2, 0.25) is 0 Å². The fraction of sp³-hybridized carbons (Fsp3) is 0.500. The highest BCUT2D eigenvalue weighted by atomic mass is 19.1. The van der Waals surface area contributed by atoms with Crippen molar-refractivity contribution < 1.29 is 28.3 Å². The van der Waals surface area contributed by atoms with E-state index in [-0.39, 0.29) is 5.69 Å². The van der Waals surface area contributed by atoms with Crippen LogP contribution in [0, 0.1) is 11.7 Å². The van der Waals surface area contributed by atoms with Crippen molar-refractivity contribution in [3.05, 3.63) is 30.1 Å². The molecule has 2 aliphatic rings. The van der Waals surface area contributed by atoms with Crippen molar-refractivity contribution in [2.75, 3.05) is 18.5 Å². The van der Waals surface area contributed by atoms with Crippen LogP contribution in [0.15, 0.2) is 24.3 Å². The van der Waals surface area contributed by atoms with Gasteiger partial charge >= 0.3 is 12.0 Å². The number of esters is 1. The third-order valence-electron chi connectivity index (χ3n) is 5.54. The van der Waals surface area contributed by atoms with Crippen LogP contribution in [0.5, 0.6) is 0 Å². The Bertz CT molecular complexity index is 820. The van der Waals surface area contributed by atoms with Gasteiger partial charge in [-0.3, -0.25) is 19.3 Å². The number of halogens is 1. The lowest BCUT2D eigenvalue weighted by atomic mass is 9.75. The van der Waals surface area contributed by atoms with E-state index in [2.05, 4.69) is 17.6 Å². The standard InChI is InChI=1S/C20H24FN3O5/c1-2-13-6-8-20(9-7-13)18(27)24(19(28)23-20)11-17(26)29-12-16(25)22-15-5-3-4-14(21)10-15/h3-5,10,13H,2,6-9,11-12H2,1H3,(H,22,25)(H,23,28). The maximum atomic E-state index is 13.1. The molecule has 2 N–H and O–H groups in total.